The van der Waals surface area contributed by atoms with Crippen molar-refractivity contribution in [2.75, 3.05) is 5.73 Å². The molecule has 0 saturated heterocycles. The molecule has 1 fully saturated rings. The van der Waals surface area contributed by atoms with Gasteiger partial charge >= 0.3 is 0 Å². The molecule has 2 aliphatic rings. The van der Waals surface area contributed by atoms with Gasteiger partial charge in [-0.2, -0.15) is 0 Å². The molecule has 4 rings (SSSR count). The largest absolute Gasteiger partial charge is 0.383 e. The first-order valence-electron chi connectivity index (χ1n) is 7.51. The Morgan fingerprint density at radius 3 is 2.45 bits per heavy atom. The lowest BCUT2D eigenvalue weighted by molar-refractivity contribution is 0.285. The van der Waals surface area contributed by atoms with Crippen LogP contribution in [0.4, 0.5) is 5.82 Å². The average molecular weight is 265 g/mol. The van der Waals surface area contributed by atoms with Crippen LogP contribution in [0.3, 0.4) is 0 Å². The maximum Gasteiger partial charge on any atom is 0.141 e. The summed E-state index contributed by atoms with van der Waals surface area (Å²) in [7, 11) is 0. The van der Waals surface area contributed by atoms with Gasteiger partial charge in [0.2, 0.25) is 0 Å². The first kappa shape index (κ1) is 11.9. The Kier molecular flexibility index (Phi) is 2.56. The number of anilines is 1. The minimum Gasteiger partial charge on any atom is -0.383 e. The van der Waals surface area contributed by atoms with Gasteiger partial charge in [0.25, 0.3) is 0 Å². The van der Waals surface area contributed by atoms with Gasteiger partial charge in [-0.05, 0) is 37.7 Å². The van der Waals surface area contributed by atoms with Gasteiger partial charge in [-0.15, -0.1) is 0 Å². The molecule has 1 heterocycles. The standard InChI is InChI=1S/C17H19N3/c18-15-13-8-4-9-14(13)19-16(20-15)17(10-5-11-17)12-6-2-1-3-7-12/h1-3,6-7H,4-5,8-11H2,(H2,18,19,20). The zero-order valence-electron chi connectivity index (χ0n) is 11.6. The van der Waals surface area contributed by atoms with E-state index in [4.69, 9.17) is 10.7 Å². The number of benzene rings is 1. The number of rotatable bonds is 2. The minimum atomic E-state index is 0.00694. The molecule has 3 heteroatoms. The van der Waals surface area contributed by atoms with E-state index >= 15 is 0 Å². The van der Waals surface area contributed by atoms with E-state index in [1.54, 1.807) is 0 Å². The second-order valence-electron chi connectivity index (χ2n) is 6.01. The molecule has 3 nitrogen and oxygen atoms in total. The molecule has 2 aliphatic carbocycles. The number of aromatic nitrogens is 2. The van der Waals surface area contributed by atoms with Crippen molar-refractivity contribution >= 4 is 5.82 Å². The van der Waals surface area contributed by atoms with E-state index in [9.17, 15) is 0 Å². The lowest BCUT2D eigenvalue weighted by Crippen LogP contribution is -2.37. The summed E-state index contributed by atoms with van der Waals surface area (Å²) >= 11 is 0. The summed E-state index contributed by atoms with van der Waals surface area (Å²) in [5, 5.41) is 0. The molecular weight excluding hydrogens is 246 g/mol. The van der Waals surface area contributed by atoms with E-state index in [0.29, 0.717) is 5.82 Å². The molecule has 2 aromatic rings. The summed E-state index contributed by atoms with van der Waals surface area (Å²) in [6.07, 6.45) is 6.77. The Hall–Kier alpha value is -1.90. The highest BCUT2D eigenvalue weighted by Gasteiger charge is 2.43. The summed E-state index contributed by atoms with van der Waals surface area (Å²) in [5.41, 5.74) is 9.90. The smallest absolute Gasteiger partial charge is 0.141 e. The maximum atomic E-state index is 6.18. The van der Waals surface area contributed by atoms with E-state index in [-0.39, 0.29) is 5.41 Å². The molecule has 0 amide bonds. The third kappa shape index (κ3) is 1.59. The minimum absolute atomic E-state index is 0.00694. The van der Waals surface area contributed by atoms with Gasteiger partial charge in [0.1, 0.15) is 11.6 Å². The fourth-order valence-corrected chi connectivity index (χ4v) is 3.60. The van der Waals surface area contributed by atoms with Crippen molar-refractivity contribution in [3.8, 4) is 0 Å². The van der Waals surface area contributed by atoms with Crippen LogP contribution in [0.5, 0.6) is 0 Å². The second kappa shape index (κ2) is 4.30. The summed E-state index contributed by atoms with van der Waals surface area (Å²) in [5.74, 6) is 1.66. The third-order valence-electron chi connectivity index (χ3n) is 4.93. The van der Waals surface area contributed by atoms with Gasteiger partial charge < -0.3 is 5.73 Å². The van der Waals surface area contributed by atoms with Gasteiger partial charge in [0.05, 0.1) is 5.41 Å². The molecule has 0 bridgehead atoms. The van der Waals surface area contributed by atoms with Crippen LogP contribution in [0.15, 0.2) is 30.3 Å². The third-order valence-corrected chi connectivity index (χ3v) is 4.93. The number of nitrogen functional groups attached to an aromatic ring is 1. The van der Waals surface area contributed by atoms with Crippen molar-refractivity contribution in [1.29, 1.82) is 0 Å². The summed E-state index contributed by atoms with van der Waals surface area (Å²) in [6, 6.07) is 10.7. The molecule has 0 radical (unpaired) electrons. The van der Waals surface area contributed by atoms with E-state index in [0.717, 1.165) is 37.9 Å². The van der Waals surface area contributed by atoms with Crippen LogP contribution in [0.1, 0.15) is 48.3 Å². The normalized spacial score (nSPS) is 19.4. The zero-order valence-corrected chi connectivity index (χ0v) is 11.6. The van der Waals surface area contributed by atoms with Gasteiger partial charge in [-0.3, -0.25) is 0 Å². The molecule has 0 aliphatic heterocycles. The Bertz CT molecular complexity index is 645. The molecule has 0 atom stereocenters. The number of fused-ring (bicyclic) bond motifs is 1. The molecule has 20 heavy (non-hydrogen) atoms. The highest BCUT2D eigenvalue weighted by atomic mass is 15.0. The summed E-state index contributed by atoms with van der Waals surface area (Å²) < 4.78 is 0. The fourth-order valence-electron chi connectivity index (χ4n) is 3.60. The number of nitrogens with zero attached hydrogens (tertiary/aromatic N) is 2. The van der Waals surface area contributed by atoms with Crippen molar-refractivity contribution in [2.45, 2.75) is 43.9 Å². The Balaban J connectivity index is 1.85. The van der Waals surface area contributed by atoms with Crippen LogP contribution in [-0.4, -0.2) is 9.97 Å². The Labute approximate surface area is 119 Å². The van der Waals surface area contributed by atoms with Crippen molar-refractivity contribution in [3.05, 3.63) is 53.0 Å². The highest BCUT2D eigenvalue weighted by Crippen LogP contribution is 2.48. The number of aryl methyl sites for hydroxylation is 1. The van der Waals surface area contributed by atoms with Crippen molar-refractivity contribution < 1.29 is 0 Å². The van der Waals surface area contributed by atoms with Gasteiger partial charge in [-0.1, -0.05) is 36.8 Å². The summed E-state index contributed by atoms with van der Waals surface area (Å²) in [6.45, 7) is 0. The molecular formula is C17H19N3. The first-order chi connectivity index (χ1) is 9.79. The van der Waals surface area contributed by atoms with Crippen LogP contribution in [0, 0.1) is 0 Å². The van der Waals surface area contributed by atoms with Crippen LogP contribution in [0.2, 0.25) is 0 Å². The molecule has 1 aromatic heterocycles. The molecule has 1 saturated carbocycles. The molecule has 0 unspecified atom stereocenters. The quantitative estimate of drug-likeness (QED) is 0.908. The first-order valence-corrected chi connectivity index (χ1v) is 7.51. The number of nitrogens with two attached hydrogens (primary N) is 1. The Morgan fingerprint density at radius 1 is 0.950 bits per heavy atom. The average Bonchev–Trinajstić information content (AvgIpc) is 2.88. The molecule has 102 valence electrons. The highest BCUT2D eigenvalue weighted by molar-refractivity contribution is 5.47. The molecule has 0 spiro atoms. The van der Waals surface area contributed by atoms with Crippen LogP contribution in [0.25, 0.3) is 0 Å². The van der Waals surface area contributed by atoms with E-state index in [1.165, 1.54) is 23.2 Å². The van der Waals surface area contributed by atoms with Crippen molar-refractivity contribution in [3.63, 3.8) is 0 Å². The van der Waals surface area contributed by atoms with Gasteiger partial charge in [0, 0.05) is 11.3 Å². The Morgan fingerprint density at radius 2 is 1.75 bits per heavy atom. The molecule has 2 N–H and O–H groups in total. The van der Waals surface area contributed by atoms with E-state index in [1.807, 2.05) is 0 Å². The zero-order chi connectivity index (χ0) is 13.6. The lowest BCUT2D eigenvalue weighted by atomic mass is 9.64. The molecule has 1 aromatic carbocycles. The van der Waals surface area contributed by atoms with E-state index < -0.39 is 0 Å². The number of hydrogen-bond acceptors (Lipinski definition) is 3. The van der Waals surface area contributed by atoms with Crippen LogP contribution >= 0.6 is 0 Å². The van der Waals surface area contributed by atoms with Crippen LogP contribution in [-0.2, 0) is 18.3 Å². The number of hydrogen-bond donors (Lipinski definition) is 1. The SMILES string of the molecule is Nc1nc(C2(c3ccccc3)CCC2)nc2c1CCC2. The predicted molar refractivity (Wildman–Crippen MR) is 79.5 cm³/mol. The lowest BCUT2D eigenvalue weighted by Gasteiger charge is -2.41. The fraction of sp³-hybridized carbons (Fsp3) is 0.412. The second-order valence-corrected chi connectivity index (χ2v) is 6.01. The van der Waals surface area contributed by atoms with Crippen LogP contribution < -0.4 is 5.73 Å². The summed E-state index contributed by atoms with van der Waals surface area (Å²) in [4.78, 5) is 9.58. The topological polar surface area (TPSA) is 51.8 Å². The van der Waals surface area contributed by atoms with Crippen molar-refractivity contribution in [1.82, 2.24) is 9.97 Å². The van der Waals surface area contributed by atoms with Crippen molar-refractivity contribution in [2.24, 2.45) is 0 Å². The van der Waals surface area contributed by atoms with E-state index in [2.05, 4.69) is 35.3 Å². The van der Waals surface area contributed by atoms with Gasteiger partial charge in [0.15, 0.2) is 0 Å². The monoisotopic (exact) mass is 265 g/mol. The predicted octanol–water partition coefficient (Wildman–Crippen LogP) is 3.02. The van der Waals surface area contributed by atoms with Gasteiger partial charge in [-0.25, -0.2) is 9.97 Å². The maximum absolute atomic E-state index is 6.18.